The molecular weight excluding hydrogens is 301 g/mol. The summed E-state index contributed by atoms with van der Waals surface area (Å²) in [5, 5.41) is 3.87. The summed E-state index contributed by atoms with van der Waals surface area (Å²) < 4.78 is 37.9. The second-order valence-electron chi connectivity index (χ2n) is 5.47. The Labute approximate surface area is 128 Å². The van der Waals surface area contributed by atoms with Gasteiger partial charge in [0.1, 0.15) is 6.54 Å². The minimum Gasteiger partial charge on any atom is -0.363 e. The number of anilines is 1. The SMILES string of the molecule is CCCN(CC(F)(F)F)c1ccc(CNC2CC2)c(Cl)c1. The average Bonchev–Trinajstić information content (AvgIpc) is 3.19. The standard InChI is InChI=1S/C15H20ClF3N2/c1-2-7-21(10-15(17,18)19)13-6-3-11(14(16)8-13)9-20-12-4-5-12/h3,6,8,12,20H,2,4-5,7,9-10H2,1H3. The van der Waals surface area contributed by atoms with Crippen LogP contribution in [0.5, 0.6) is 0 Å². The van der Waals surface area contributed by atoms with Crippen molar-refractivity contribution in [1.82, 2.24) is 5.32 Å². The van der Waals surface area contributed by atoms with Gasteiger partial charge < -0.3 is 10.2 Å². The van der Waals surface area contributed by atoms with Crippen LogP contribution >= 0.6 is 11.6 Å². The first kappa shape index (κ1) is 16.4. The molecule has 2 nitrogen and oxygen atoms in total. The molecule has 1 aliphatic rings. The molecule has 118 valence electrons. The van der Waals surface area contributed by atoms with Gasteiger partial charge >= 0.3 is 6.18 Å². The Morgan fingerprint density at radius 3 is 2.57 bits per heavy atom. The van der Waals surface area contributed by atoms with Crippen molar-refractivity contribution in [3.8, 4) is 0 Å². The van der Waals surface area contributed by atoms with Crippen LogP contribution < -0.4 is 10.2 Å². The van der Waals surface area contributed by atoms with Crippen molar-refractivity contribution in [2.24, 2.45) is 0 Å². The first-order chi connectivity index (χ1) is 9.89. The first-order valence-corrected chi connectivity index (χ1v) is 7.60. The van der Waals surface area contributed by atoms with Crippen molar-refractivity contribution in [2.75, 3.05) is 18.0 Å². The fourth-order valence-corrected chi connectivity index (χ4v) is 2.45. The molecule has 0 aromatic heterocycles. The van der Waals surface area contributed by atoms with E-state index in [0.717, 1.165) is 5.56 Å². The molecular formula is C15H20ClF3N2. The fourth-order valence-electron chi connectivity index (χ4n) is 2.20. The van der Waals surface area contributed by atoms with Crippen molar-refractivity contribution in [3.63, 3.8) is 0 Å². The summed E-state index contributed by atoms with van der Waals surface area (Å²) in [6, 6.07) is 5.73. The molecule has 0 atom stereocenters. The zero-order chi connectivity index (χ0) is 15.5. The van der Waals surface area contributed by atoms with Crippen molar-refractivity contribution >= 4 is 17.3 Å². The monoisotopic (exact) mass is 320 g/mol. The van der Waals surface area contributed by atoms with E-state index < -0.39 is 12.7 Å². The smallest absolute Gasteiger partial charge is 0.363 e. The molecule has 2 rings (SSSR count). The number of alkyl halides is 3. The molecule has 1 aromatic carbocycles. The number of halogens is 4. The molecule has 0 bridgehead atoms. The van der Waals surface area contributed by atoms with E-state index in [2.05, 4.69) is 5.32 Å². The van der Waals surface area contributed by atoms with Crippen LogP contribution in [0.2, 0.25) is 5.02 Å². The summed E-state index contributed by atoms with van der Waals surface area (Å²) >= 11 is 6.20. The van der Waals surface area contributed by atoms with Crippen molar-refractivity contribution in [1.29, 1.82) is 0 Å². The first-order valence-electron chi connectivity index (χ1n) is 7.22. The van der Waals surface area contributed by atoms with Crippen molar-refractivity contribution in [2.45, 2.75) is 44.9 Å². The van der Waals surface area contributed by atoms with Crippen LogP contribution in [-0.2, 0) is 6.54 Å². The lowest BCUT2D eigenvalue weighted by molar-refractivity contribution is -0.119. The van der Waals surface area contributed by atoms with Crippen LogP contribution in [0.4, 0.5) is 18.9 Å². The molecule has 21 heavy (non-hydrogen) atoms. The number of rotatable bonds is 7. The van der Waals surface area contributed by atoms with Gasteiger partial charge in [0, 0.05) is 29.8 Å². The highest BCUT2D eigenvalue weighted by Gasteiger charge is 2.30. The van der Waals surface area contributed by atoms with Crippen molar-refractivity contribution in [3.05, 3.63) is 28.8 Å². The molecule has 1 aliphatic carbocycles. The number of nitrogens with zero attached hydrogens (tertiary/aromatic N) is 1. The van der Waals surface area contributed by atoms with Gasteiger partial charge in [-0.1, -0.05) is 24.6 Å². The van der Waals surface area contributed by atoms with Crippen LogP contribution in [0.1, 0.15) is 31.7 Å². The Balaban J connectivity index is 2.07. The Morgan fingerprint density at radius 2 is 2.05 bits per heavy atom. The number of benzene rings is 1. The van der Waals surface area contributed by atoms with Gasteiger partial charge in [-0.15, -0.1) is 0 Å². The van der Waals surface area contributed by atoms with E-state index in [1.54, 1.807) is 12.1 Å². The molecule has 0 heterocycles. The van der Waals surface area contributed by atoms with E-state index >= 15 is 0 Å². The number of hydrogen-bond acceptors (Lipinski definition) is 2. The van der Waals surface area contributed by atoms with Gasteiger partial charge in [0.25, 0.3) is 0 Å². The zero-order valence-electron chi connectivity index (χ0n) is 12.0. The molecule has 0 saturated heterocycles. The van der Waals surface area contributed by atoms with E-state index in [4.69, 9.17) is 11.6 Å². The summed E-state index contributed by atoms with van der Waals surface area (Å²) in [7, 11) is 0. The van der Waals surface area contributed by atoms with Crippen LogP contribution in [0.25, 0.3) is 0 Å². The Morgan fingerprint density at radius 1 is 1.33 bits per heavy atom. The molecule has 1 saturated carbocycles. The summed E-state index contributed by atoms with van der Waals surface area (Å²) in [5.41, 5.74) is 1.45. The van der Waals surface area contributed by atoms with Gasteiger partial charge in [0.05, 0.1) is 0 Å². The summed E-state index contributed by atoms with van der Waals surface area (Å²) in [6.45, 7) is 1.93. The second kappa shape index (κ2) is 6.88. The third kappa shape index (κ3) is 5.40. The minimum atomic E-state index is -4.21. The van der Waals surface area contributed by atoms with Gasteiger partial charge in [-0.3, -0.25) is 0 Å². The van der Waals surface area contributed by atoms with Crippen LogP contribution in [0.3, 0.4) is 0 Å². The van der Waals surface area contributed by atoms with E-state index in [9.17, 15) is 13.2 Å². The van der Waals surface area contributed by atoms with E-state index in [-0.39, 0.29) is 0 Å². The third-order valence-corrected chi connectivity index (χ3v) is 3.78. The number of hydrogen-bond donors (Lipinski definition) is 1. The highest BCUT2D eigenvalue weighted by Crippen LogP contribution is 2.28. The van der Waals surface area contributed by atoms with E-state index in [1.807, 2.05) is 13.0 Å². The number of nitrogens with one attached hydrogen (secondary N) is 1. The molecule has 0 unspecified atom stereocenters. The summed E-state index contributed by atoms with van der Waals surface area (Å²) in [4.78, 5) is 1.32. The highest BCUT2D eigenvalue weighted by atomic mass is 35.5. The Hall–Kier alpha value is -0.940. The third-order valence-electron chi connectivity index (χ3n) is 3.42. The van der Waals surface area contributed by atoms with Crippen LogP contribution in [0.15, 0.2) is 18.2 Å². The quantitative estimate of drug-likeness (QED) is 0.802. The largest absolute Gasteiger partial charge is 0.405 e. The van der Waals surface area contributed by atoms with Gasteiger partial charge in [-0.2, -0.15) is 13.2 Å². The molecule has 6 heteroatoms. The second-order valence-corrected chi connectivity index (χ2v) is 5.87. The summed E-state index contributed by atoms with van der Waals surface area (Å²) in [5.74, 6) is 0. The zero-order valence-corrected chi connectivity index (χ0v) is 12.8. The molecule has 1 N–H and O–H groups in total. The van der Waals surface area contributed by atoms with Gasteiger partial charge in [0.15, 0.2) is 0 Å². The molecule has 0 aliphatic heterocycles. The molecule has 1 aromatic rings. The topological polar surface area (TPSA) is 15.3 Å². The lowest BCUT2D eigenvalue weighted by Crippen LogP contribution is -2.34. The lowest BCUT2D eigenvalue weighted by atomic mass is 10.2. The summed E-state index contributed by atoms with van der Waals surface area (Å²) in [6.07, 6.45) is -1.19. The van der Waals surface area contributed by atoms with Gasteiger partial charge in [-0.25, -0.2) is 0 Å². The molecule has 0 amide bonds. The fraction of sp³-hybridized carbons (Fsp3) is 0.600. The average molecular weight is 321 g/mol. The lowest BCUT2D eigenvalue weighted by Gasteiger charge is -2.26. The normalized spacial score (nSPS) is 15.3. The highest BCUT2D eigenvalue weighted by molar-refractivity contribution is 6.31. The van der Waals surface area contributed by atoms with Gasteiger partial charge in [-0.05, 0) is 37.0 Å². The molecule has 0 radical (unpaired) electrons. The predicted octanol–water partition coefficient (Wildman–Crippen LogP) is 4.37. The maximum atomic E-state index is 12.6. The van der Waals surface area contributed by atoms with E-state index in [1.165, 1.54) is 17.7 Å². The van der Waals surface area contributed by atoms with Crippen molar-refractivity contribution < 1.29 is 13.2 Å². The molecule has 0 spiro atoms. The predicted molar refractivity (Wildman–Crippen MR) is 79.9 cm³/mol. The Kier molecular flexibility index (Phi) is 5.38. The van der Waals surface area contributed by atoms with Gasteiger partial charge in [0.2, 0.25) is 0 Å². The minimum absolute atomic E-state index is 0.357. The van der Waals surface area contributed by atoms with E-state index in [0.29, 0.717) is 36.3 Å². The maximum absolute atomic E-state index is 12.6. The molecule has 1 fully saturated rings. The van der Waals surface area contributed by atoms with Crippen LogP contribution in [-0.4, -0.2) is 25.3 Å². The van der Waals surface area contributed by atoms with Crippen LogP contribution in [0, 0.1) is 0 Å². The maximum Gasteiger partial charge on any atom is 0.405 e. The Bertz CT molecular complexity index is 472.